The van der Waals surface area contributed by atoms with Crippen LogP contribution in [0.25, 0.3) is 11.1 Å². The first-order chi connectivity index (χ1) is 21.6. The minimum atomic E-state index is -4.69. The molecule has 46 heavy (non-hydrogen) atoms. The Kier molecular flexibility index (Phi) is 9.77. The average Bonchev–Trinajstić information content (AvgIpc) is 3.00. The highest BCUT2D eigenvalue weighted by Crippen LogP contribution is 2.42. The van der Waals surface area contributed by atoms with E-state index < -0.39 is 70.7 Å². The number of aromatic nitrogens is 2. The minimum absolute atomic E-state index is 0.0903. The van der Waals surface area contributed by atoms with Crippen LogP contribution in [0.1, 0.15) is 35.0 Å². The molecule has 4 rings (SSSR count). The van der Waals surface area contributed by atoms with E-state index in [0.29, 0.717) is 29.0 Å². The molecule has 3 aromatic rings. The smallest absolute Gasteiger partial charge is 0.408 e. The van der Waals surface area contributed by atoms with Crippen molar-refractivity contribution in [3.8, 4) is 22.6 Å². The number of amides is 1. The number of ether oxygens (including phenoxy) is 3. The van der Waals surface area contributed by atoms with Gasteiger partial charge < -0.3 is 29.4 Å². The van der Waals surface area contributed by atoms with Crippen molar-refractivity contribution in [3.63, 3.8) is 0 Å². The lowest BCUT2D eigenvalue weighted by atomic mass is 9.97. The molecule has 248 valence electrons. The van der Waals surface area contributed by atoms with Crippen molar-refractivity contribution in [3.05, 3.63) is 73.6 Å². The van der Waals surface area contributed by atoms with E-state index in [1.807, 2.05) is 5.32 Å². The van der Waals surface area contributed by atoms with Gasteiger partial charge in [-0.2, -0.15) is 13.2 Å². The molecule has 1 aromatic heterocycles. The number of halogens is 5. The van der Waals surface area contributed by atoms with Crippen LogP contribution in [0.2, 0.25) is 0 Å². The summed E-state index contributed by atoms with van der Waals surface area (Å²) in [4.78, 5) is 51.3. The van der Waals surface area contributed by atoms with Crippen molar-refractivity contribution in [2.75, 3.05) is 25.6 Å². The third kappa shape index (κ3) is 6.55. The summed E-state index contributed by atoms with van der Waals surface area (Å²) in [6.45, 7) is 3.02. The van der Waals surface area contributed by atoms with Gasteiger partial charge in [-0.15, -0.1) is 0 Å². The lowest BCUT2D eigenvalue weighted by Crippen LogP contribution is -2.43. The van der Waals surface area contributed by atoms with Gasteiger partial charge in [-0.25, -0.2) is 18.4 Å². The lowest BCUT2D eigenvalue weighted by molar-refractivity contribution is -0.143. The molecule has 0 saturated carbocycles. The maximum absolute atomic E-state index is 14.9. The highest BCUT2D eigenvalue weighted by atomic mass is 19.4. The molecule has 2 heterocycles. The molecule has 16 heteroatoms. The molecule has 1 aliphatic rings. The number of carbonyl (C=O) groups excluding carboxylic acids is 2. The zero-order valence-electron chi connectivity index (χ0n) is 25.4. The SMILES string of the molecule is CC[C@@H](Nc1cc(F)c(C(=O)N[C@@H](Cc2ccc(-c3c(C)n(C)c(=O)n(C)c3=O)c3c2OCCO3)C(=O)OC)c(F)c1)C(F)(F)F. The summed E-state index contributed by atoms with van der Waals surface area (Å²) in [5, 5.41) is 4.22. The van der Waals surface area contributed by atoms with Crippen LogP contribution in [0, 0.1) is 18.6 Å². The van der Waals surface area contributed by atoms with E-state index in [9.17, 15) is 41.1 Å². The first-order valence-electron chi connectivity index (χ1n) is 14.0. The van der Waals surface area contributed by atoms with Crippen LogP contribution in [0.3, 0.4) is 0 Å². The number of fused-ring (bicyclic) bond motifs is 1. The summed E-state index contributed by atoms with van der Waals surface area (Å²) in [5.41, 5.74) is -1.66. The third-order valence-corrected chi connectivity index (χ3v) is 7.62. The Balaban J connectivity index is 1.68. The number of anilines is 1. The second-order valence-corrected chi connectivity index (χ2v) is 10.5. The number of nitrogens with zero attached hydrogens (tertiary/aromatic N) is 2. The number of rotatable bonds is 9. The fraction of sp³-hybridized carbons (Fsp3) is 0.400. The van der Waals surface area contributed by atoms with Gasteiger partial charge in [0.25, 0.3) is 11.5 Å². The molecule has 0 unspecified atom stereocenters. The minimum Gasteiger partial charge on any atom is -0.486 e. The molecule has 0 aliphatic carbocycles. The van der Waals surface area contributed by atoms with Gasteiger partial charge in [0, 0.05) is 43.0 Å². The average molecular weight is 655 g/mol. The summed E-state index contributed by atoms with van der Waals surface area (Å²) in [7, 11) is 3.86. The molecular weight excluding hydrogens is 623 g/mol. The number of benzene rings is 2. The molecule has 0 fully saturated rings. The quantitative estimate of drug-likeness (QED) is 0.266. The van der Waals surface area contributed by atoms with E-state index in [1.54, 1.807) is 6.92 Å². The number of hydrogen-bond acceptors (Lipinski definition) is 8. The van der Waals surface area contributed by atoms with E-state index >= 15 is 0 Å². The summed E-state index contributed by atoms with van der Waals surface area (Å²) in [6.07, 6.45) is -5.43. The fourth-order valence-electron chi connectivity index (χ4n) is 5.08. The number of esters is 1. The van der Waals surface area contributed by atoms with E-state index in [1.165, 1.54) is 37.7 Å². The van der Waals surface area contributed by atoms with Gasteiger partial charge in [0.2, 0.25) is 0 Å². The van der Waals surface area contributed by atoms with Crippen molar-refractivity contribution >= 4 is 17.6 Å². The van der Waals surface area contributed by atoms with E-state index in [4.69, 9.17) is 14.2 Å². The van der Waals surface area contributed by atoms with Gasteiger partial charge in [0.05, 0.1) is 12.7 Å². The summed E-state index contributed by atoms with van der Waals surface area (Å²) < 4.78 is 88.0. The number of carbonyl (C=O) groups is 2. The molecule has 0 bridgehead atoms. The zero-order chi connectivity index (χ0) is 34.1. The van der Waals surface area contributed by atoms with Gasteiger partial charge >= 0.3 is 17.8 Å². The summed E-state index contributed by atoms with van der Waals surface area (Å²) >= 11 is 0. The standard InChI is InChI=1S/C30H31F5N4O7/c1-6-21(30(33,34)35)36-16-12-18(31)23(19(32)13-16)26(40)37-20(28(42)44-5)11-15-7-8-17(25-24(15)45-9-10-46-25)22-14(2)38(3)29(43)39(4)27(22)41/h7-8,12-13,20-21,36H,6,9-11H2,1-5H3,(H,37,40)/t20-,21+/m0/s1. The molecule has 2 atom stereocenters. The molecule has 0 saturated heterocycles. The van der Waals surface area contributed by atoms with Crippen LogP contribution < -0.4 is 31.4 Å². The number of hydrogen-bond donors (Lipinski definition) is 2. The summed E-state index contributed by atoms with van der Waals surface area (Å²) in [6, 6.07) is 0.511. The maximum atomic E-state index is 14.9. The lowest BCUT2D eigenvalue weighted by Gasteiger charge is -2.26. The third-order valence-electron chi connectivity index (χ3n) is 7.62. The Hall–Kier alpha value is -4.89. The molecule has 0 radical (unpaired) electrons. The molecule has 1 amide bonds. The van der Waals surface area contributed by atoms with Crippen molar-refractivity contribution in [2.45, 2.75) is 44.9 Å². The molecular formula is C30H31F5N4O7. The normalized spacial score (nSPS) is 14.0. The van der Waals surface area contributed by atoms with Crippen LogP contribution in [-0.4, -0.2) is 59.6 Å². The molecule has 2 aromatic carbocycles. The van der Waals surface area contributed by atoms with Crippen LogP contribution in [0.15, 0.2) is 33.9 Å². The van der Waals surface area contributed by atoms with Gasteiger partial charge in [-0.3, -0.25) is 14.2 Å². The van der Waals surface area contributed by atoms with Crippen LogP contribution in [0.5, 0.6) is 11.5 Å². The fourth-order valence-corrected chi connectivity index (χ4v) is 5.08. The topological polar surface area (TPSA) is 130 Å². The van der Waals surface area contributed by atoms with Crippen LogP contribution >= 0.6 is 0 Å². The van der Waals surface area contributed by atoms with Crippen LogP contribution in [0.4, 0.5) is 27.6 Å². The Labute approximate surface area is 258 Å². The molecule has 0 spiro atoms. The first-order valence-corrected chi connectivity index (χ1v) is 14.0. The number of nitrogens with one attached hydrogen (secondary N) is 2. The molecule has 1 aliphatic heterocycles. The Morgan fingerprint density at radius 2 is 1.63 bits per heavy atom. The largest absolute Gasteiger partial charge is 0.486 e. The Morgan fingerprint density at radius 1 is 1.02 bits per heavy atom. The molecule has 2 N–H and O–H groups in total. The highest BCUT2D eigenvalue weighted by molar-refractivity contribution is 5.97. The summed E-state index contributed by atoms with van der Waals surface area (Å²) in [5.74, 6) is -5.01. The Morgan fingerprint density at radius 3 is 2.20 bits per heavy atom. The predicted molar refractivity (Wildman–Crippen MR) is 155 cm³/mol. The van der Waals surface area contributed by atoms with Gasteiger partial charge in [0.1, 0.15) is 42.5 Å². The Bertz CT molecular complexity index is 1780. The monoisotopic (exact) mass is 654 g/mol. The first kappa shape index (κ1) is 34.0. The van der Waals surface area contributed by atoms with Gasteiger partial charge in [-0.1, -0.05) is 13.0 Å². The van der Waals surface area contributed by atoms with Crippen molar-refractivity contribution in [1.29, 1.82) is 0 Å². The van der Waals surface area contributed by atoms with Crippen LogP contribution in [-0.2, 0) is 30.0 Å². The maximum Gasteiger partial charge on any atom is 0.408 e. The van der Waals surface area contributed by atoms with E-state index in [0.717, 1.165) is 11.7 Å². The van der Waals surface area contributed by atoms with E-state index in [-0.39, 0.29) is 36.7 Å². The van der Waals surface area contributed by atoms with Crippen molar-refractivity contribution in [1.82, 2.24) is 14.5 Å². The van der Waals surface area contributed by atoms with Crippen molar-refractivity contribution in [2.24, 2.45) is 14.1 Å². The second-order valence-electron chi connectivity index (χ2n) is 10.5. The number of alkyl halides is 3. The molecule has 11 nitrogen and oxygen atoms in total. The zero-order valence-corrected chi connectivity index (χ0v) is 25.4. The predicted octanol–water partition coefficient (Wildman–Crippen LogP) is 3.38. The second kappa shape index (κ2) is 13.2. The van der Waals surface area contributed by atoms with Gasteiger partial charge in [-0.05, 0) is 31.5 Å². The van der Waals surface area contributed by atoms with E-state index in [2.05, 4.69) is 5.32 Å². The number of methoxy groups -OCH3 is 1. The van der Waals surface area contributed by atoms with Crippen molar-refractivity contribution < 1.29 is 45.8 Å². The highest BCUT2D eigenvalue weighted by Gasteiger charge is 2.38. The van der Waals surface area contributed by atoms with Gasteiger partial charge in [0.15, 0.2) is 11.5 Å².